The number of rotatable bonds is 5. The second-order valence-corrected chi connectivity index (χ2v) is 11.7. The normalized spacial score (nSPS) is 20.5. The predicted octanol–water partition coefficient (Wildman–Crippen LogP) is 9.10. The number of benzene rings is 2. The predicted molar refractivity (Wildman–Crippen MR) is 183 cm³/mol. The fraction of sp³-hybridized carbons (Fsp3) is 0.0488. The van der Waals surface area contributed by atoms with E-state index in [9.17, 15) is 0 Å². The Bertz CT molecular complexity index is 2080. The molecule has 3 heterocycles. The van der Waals surface area contributed by atoms with E-state index >= 15 is 0 Å². The first-order chi connectivity index (χ1) is 22.3. The van der Waals surface area contributed by atoms with Crippen molar-refractivity contribution in [3.8, 4) is 0 Å². The molecule has 2 aromatic heterocycles. The van der Waals surface area contributed by atoms with E-state index in [1.54, 1.807) is 0 Å². The minimum absolute atomic E-state index is 0.0274. The van der Waals surface area contributed by atoms with Crippen molar-refractivity contribution in [1.29, 1.82) is 0 Å². The van der Waals surface area contributed by atoms with Gasteiger partial charge in [0.15, 0.2) is 0 Å². The van der Waals surface area contributed by atoms with Crippen LogP contribution in [0, 0.1) is 5.92 Å². The van der Waals surface area contributed by atoms with Crippen LogP contribution in [0.3, 0.4) is 0 Å². The van der Waals surface area contributed by atoms with E-state index < -0.39 is 0 Å². The molecule has 9 rings (SSSR count). The quantitative estimate of drug-likeness (QED) is 0.238. The SMILES string of the molecule is C1=CC(c2ccc(N(c3ccccn3)c3ccccn3)cc2)=C2C=CC3=C4C(=CC=C1C24)C1N=CC(c2ccccc2)=CC1=C3. The first-order valence-electron chi connectivity index (χ1n) is 15.3. The van der Waals surface area contributed by atoms with Crippen LogP contribution >= 0.6 is 0 Å². The number of hydrogen-bond acceptors (Lipinski definition) is 4. The summed E-state index contributed by atoms with van der Waals surface area (Å²) in [5, 5.41) is 0. The number of fused-ring (bicyclic) bond motifs is 2. The van der Waals surface area contributed by atoms with Crippen LogP contribution in [0.1, 0.15) is 11.1 Å². The Balaban J connectivity index is 1.09. The van der Waals surface area contributed by atoms with E-state index in [0.29, 0.717) is 0 Å². The molecule has 0 radical (unpaired) electrons. The van der Waals surface area contributed by atoms with E-state index in [0.717, 1.165) is 22.9 Å². The summed E-state index contributed by atoms with van der Waals surface area (Å²) in [4.78, 5) is 16.4. The fourth-order valence-electron chi connectivity index (χ4n) is 7.07. The molecule has 0 fully saturated rings. The van der Waals surface area contributed by atoms with Crippen molar-refractivity contribution in [2.75, 3.05) is 4.90 Å². The summed E-state index contributed by atoms with van der Waals surface area (Å²) >= 11 is 0. The van der Waals surface area contributed by atoms with E-state index in [4.69, 9.17) is 4.99 Å². The van der Waals surface area contributed by atoms with Crippen molar-refractivity contribution in [2.24, 2.45) is 10.9 Å². The maximum absolute atomic E-state index is 5.10. The second kappa shape index (κ2) is 10.4. The van der Waals surface area contributed by atoms with Gasteiger partial charge < -0.3 is 0 Å². The van der Waals surface area contributed by atoms with Gasteiger partial charge in [-0.05, 0) is 104 Å². The van der Waals surface area contributed by atoms with Gasteiger partial charge in [-0.3, -0.25) is 9.89 Å². The highest BCUT2D eigenvalue weighted by Crippen LogP contribution is 2.51. The molecule has 2 atom stereocenters. The Morgan fingerprint density at radius 2 is 1.36 bits per heavy atom. The smallest absolute Gasteiger partial charge is 0.138 e. The third kappa shape index (κ3) is 4.26. The van der Waals surface area contributed by atoms with Gasteiger partial charge in [0.1, 0.15) is 17.7 Å². The molecule has 0 spiro atoms. The zero-order chi connectivity index (χ0) is 29.7. The Hall–Kier alpha value is -5.87. The Morgan fingerprint density at radius 1 is 0.600 bits per heavy atom. The Morgan fingerprint density at radius 3 is 2.09 bits per heavy atom. The van der Waals surface area contributed by atoms with Crippen molar-refractivity contribution in [3.63, 3.8) is 0 Å². The number of aromatic nitrogens is 2. The largest absolute Gasteiger partial charge is 0.280 e. The third-order valence-electron chi connectivity index (χ3n) is 9.12. The molecule has 0 amide bonds. The van der Waals surface area contributed by atoms with Gasteiger partial charge in [-0.2, -0.15) is 0 Å². The molecule has 4 aromatic rings. The van der Waals surface area contributed by atoms with Gasteiger partial charge in [-0.1, -0.05) is 91.1 Å². The molecule has 212 valence electrons. The van der Waals surface area contributed by atoms with E-state index in [1.807, 2.05) is 55.0 Å². The van der Waals surface area contributed by atoms with Gasteiger partial charge in [0.25, 0.3) is 0 Å². The van der Waals surface area contributed by atoms with Gasteiger partial charge >= 0.3 is 0 Å². The summed E-state index contributed by atoms with van der Waals surface area (Å²) in [5.74, 6) is 1.86. The van der Waals surface area contributed by atoms with Crippen LogP contribution in [0.25, 0.3) is 11.1 Å². The van der Waals surface area contributed by atoms with Crippen molar-refractivity contribution >= 4 is 34.7 Å². The van der Waals surface area contributed by atoms with Crippen molar-refractivity contribution < 1.29 is 0 Å². The highest BCUT2D eigenvalue weighted by atomic mass is 15.2. The molecule has 1 aliphatic heterocycles. The first kappa shape index (κ1) is 25.6. The minimum atomic E-state index is 0.0274. The molecular weight excluding hydrogens is 548 g/mol. The summed E-state index contributed by atoms with van der Waals surface area (Å²) in [6.45, 7) is 0. The van der Waals surface area contributed by atoms with Crippen LogP contribution in [0.5, 0.6) is 0 Å². The highest BCUT2D eigenvalue weighted by Gasteiger charge is 2.39. The average Bonchev–Trinajstić information content (AvgIpc) is 3.12. The molecule has 0 saturated carbocycles. The number of hydrogen-bond donors (Lipinski definition) is 0. The molecule has 2 unspecified atom stereocenters. The highest BCUT2D eigenvalue weighted by molar-refractivity contribution is 6.12. The van der Waals surface area contributed by atoms with Gasteiger partial charge in [0.2, 0.25) is 0 Å². The van der Waals surface area contributed by atoms with Crippen molar-refractivity contribution in [2.45, 2.75) is 6.04 Å². The van der Waals surface area contributed by atoms with Gasteiger partial charge in [0, 0.05) is 30.2 Å². The lowest BCUT2D eigenvalue weighted by Gasteiger charge is -2.40. The van der Waals surface area contributed by atoms with E-state index in [2.05, 4.69) is 118 Å². The molecule has 4 nitrogen and oxygen atoms in total. The zero-order valence-electron chi connectivity index (χ0n) is 24.5. The Kier molecular flexibility index (Phi) is 5.91. The molecule has 45 heavy (non-hydrogen) atoms. The molecule has 2 aromatic carbocycles. The summed E-state index contributed by atoms with van der Waals surface area (Å²) in [6.07, 6.45) is 24.1. The molecular formula is C41H28N4. The molecule has 4 aliphatic carbocycles. The maximum atomic E-state index is 5.10. The van der Waals surface area contributed by atoms with E-state index in [-0.39, 0.29) is 12.0 Å². The van der Waals surface area contributed by atoms with Crippen LogP contribution in [0.15, 0.2) is 190 Å². The zero-order valence-corrected chi connectivity index (χ0v) is 24.5. The van der Waals surface area contributed by atoms with Crippen LogP contribution in [0.4, 0.5) is 17.3 Å². The fourth-order valence-corrected chi connectivity index (χ4v) is 7.07. The number of nitrogens with zero attached hydrogens (tertiary/aromatic N) is 4. The standard InChI is InChI=1S/C41H28N4/c1-2-8-27(9-3-1)32-25-31-24-30-16-20-35-34(19-14-29-15-21-36(40(30)39(29)35)41(31)44-26-32)28-12-17-33(18-13-28)45(37-10-4-6-22-42-37)38-11-5-7-23-43-38/h1-26,39,41H. The topological polar surface area (TPSA) is 41.4 Å². The average molecular weight is 577 g/mol. The summed E-state index contributed by atoms with van der Waals surface area (Å²) < 4.78 is 0. The molecule has 0 bridgehead atoms. The molecule has 5 aliphatic rings. The lowest BCUT2D eigenvalue weighted by atomic mass is 9.65. The molecule has 4 heteroatoms. The summed E-state index contributed by atoms with van der Waals surface area (Å²) in [7, 11) is 0. The third-order valence-corrected chi connectivity index (χ3v) is 9.12. The first-order valence-corrected chi connectivity index (χ1v) is 15.3. The van der Waals surface area contributed by atoms with Crippen molar-refractivity contribution in [3.05, 3.63) is 197 Å². The maximum Gasteiger partial charge on any atom is 0.138 e. The summed E-state index contributed by atoms with van der Waals surface area (Å²) in [6, 6.07) is 31.2. The number of anilines is 3. The monoisotopic (exact) mass is 576 g/mol. The number of pyridine rings is 2. The van der Waals surface area contributed by atoms with Crippen LogP contribution in [-0.4, -0.2) is 22.2 Å². The van der Waals surface area contributed by atoms with Crippen molar-refractivity contribution in [1.82, 2.24) is 9.97 Å². The minimum Gasteiger partial charge on any atom is -0.280 e. The van der Waals surface area contributed by atoms with Crippen LogP contribution < -0.4 is 4.90 Å². The number of dihydropyridines is 1. The summed E-state index contributed by atoms with van der Waals surface area (Å²) in [5.41, 5.74) is 13.7. The molecule has 0 N–H and O–H groups in total. The van der Waals surface area contributed by atoms with Gasteiger partial charge in [-0.15, -0.1) is 0 Å². The lowest BCUT2D eigenvalue weighted by molar-refractivity contribution is 0.786. The van der Waals surface area contributed by atoms with Crippen LogP contribution in [-0.2, 0) is 0 Å². The number of allylic oxidation sites excluding steroid dienone is 12. The molecule has 0 saturated heterocycles. The van der Waals surface area contributed by atoms with Crippen LogP contribution in [0.2, 0.25) is 0 Å². The lowest BCUT2D eigenvalue weighted by Crippen LogP contribution is -2.29. The van der Waals surface area contributed by atoms with E-state index in [1.165, 1.54) is 50.1 Å². The number of aliphatic imine (C=N–C) groups is 1. The van der Waals surface area contributed by atoms with Gasteiger partial charge in [-0.25, -0.2) is 9.97 Å². The second-order valence-electron chi connectivity index (χ2n) is 11.7. The Labute approximate surface area is 262 Å². The van der Waals surface area contributed by atoms with Gasteiger partial charge in [0.05, 0.1) is 0 Å².